The van der Waals surface area contributed by atoms with Crippen LogP contribution in [0.15, 0.2) is 17.8 Å². The Bertz CT molecular complexity index is 1110. The van der Waals surface area contributed by atoms with Crippen LogP contribution in [0.25, 0.3) is 4.96 Å². The largest absolute Gasteiger partial charge is 0.341 e. The van der Waals surface area contributed by atoms with Crippen LogP contribution < -0.4 is 0 Å². The molecule has 0 N–H and O–H groups in total. The normalized spacial score (nSPS) is 18.8. The number of carbonyl (C=O) groups is 1. The van der Waals surface area contributed by atoms with Gasteiger partial charge in [0.1, 0.15) is 0 Å². The van der Waals surface area contributed by atoms with E-state index in [4.69, 9.17) is 0 Å². The minimum atomic E-state index is -2.97. The van der Waals surface area contributed by atoms with E-state index in [-0.39, 0.29) is 29.9 Å². The Morgan fingerprint density at radius 1 is 1.39 bits per heavy atom. The first kappa shape index (κ1) is 19.1. The van der Waals surface area contributed by atoms with E-state index in [1.54, 1.807) is 11.9 Å². The van der Waals surface area contributed by atoms with Gasteiger partial charge in [0.15, 0.2) is 14.8 Å². The van der Waals surface area contributed by atoms with Gasteiger partial charge in [0, 0.05) is 42.6 Å². The van der Waals surface area contributed by atoms with Gasteiger partial charge in [-0.3, -0.25) is 13.9 Å². The highest BCUT2D eigenvalue weighted by molar-refractivity contribution is 7.91. The summed E-state index contributed by atoms with van der Waals surface area (Å²) in [6.45, 7) is 4.30. The van der Waals surface area contributed by atoms with Gasteiger partial charge in [-0.05, 0) is 20.3 Å². The van der Waals surface area contributed by atoms with E-state index < -0.39 is 9.84 Å². The zero-order chi connectivity index (χ0) is 20.1. The van der Waals surface area contributed by atoms with Gasteiger partial charge in [-0.1, -0.05) is 0 Å². The van der Waals surface area contributed by atoms with Crippen molar-refractivity contribution in [2.75, 3.05) is 18.6 Å². The Balaban J connectivity index is 1.47. The van der Waals surface area contributed by atoms with Gasteiger partial charge >= 0.3 is 0 Å². The third-order valence-electron chi connectivity index (χ3n) is 5.33. The smallest absolute Gasteiger partial charge is 0.228 e. The molecule has 1 aliphatic heterocycles. The summed E-state index contributed by atoms with van der Waals surface area (Å²) in [7, 11) is -1.20. The second-order valence-corrected chi connectivity index (χ2v) is 10.5. The maximum Gasteiger partial charge on any atom is 0.228 e. The fourth-order valence-corrected chi connectivity index (χ4v) is 6.14. The van der Waals surface area contributed by atoms with Gasteiger partial charge in [0.2, 0.25) is 5.91 Å². The molecule has 8 nitrogen and oxygen atoms in total. The van der Waals surface area contributed by atoms with Crippen molar-refractivity contribution in [1.82, 2.24) is 24.1 Å². The van der Waals surface area contributed by atoms with Crippen molar-refractivity contribution in [3.8, 4) is 0 Å². The molecule has 150 valence electrons. The Kier molecular flexibility index (Phi) is 4.78. The van der Waals surface area contributed by atoms with E-state index in [1.165, 1.54) is 11.3 Å². The van der Waals surface area contributed by atoms with Crippen molar-refractivity contribution in [3.05, 3.63) is 40.4 Å². The number of nitrogens with zero attached hydrogens (tertiary/aromatic N) is 5. The van der Waals surface area contributed by atoms with Crippen LogP contribution in [0.5, 0.6) is 0 Å². The van der Waals surface area contributed by atoms with E-state index in [0.717, 1.165) is 27.6 Å². The Hall–Kier alpha value is -2.20. The summed E-state index contributed by atoms with van der Waals surface area (Å²) >= 11 is 1.54. The van der Waals surface area contributed by atoms with E-state index in [9.17, 15) is 13.2 Å². The molecule has 1 aliphatic rings. The van der Waals surface area contributed by atoms with Gasteiger partial charge in [-0.25, -0.2) is 13.4 Å². The molecule has 3 aromatic heterocycles. The number of aryl methyl sites for hydroxylation is 1. The zero-order valence-electron chi connectivity index (χ0n) is 16.1. The fraction of sp³-hybridized carbons (Fsp3) is 0.500. The molecule has 0 spiro atoms. The van der Waals surface area contributed by atoms with Gasteiger partial charge < -0.3 is 4.90 Å². The molecule has 10 heteroatoms. The Labute approximate surface area is 167 Å². The van der Waals surface area contributed by atoms with E-state index in [2.05, 4.69) is 10.1 Å². The molecule has 4 rings (SSSR count). The molecule has 1 saturated heterocycles. The van der Waals surface area contributed by atoms with E-state index >= 15 is 0 Å². The number of amides is 1. The molecule has 0 unspecified atom stereocenters. The van der Waals surface area contributed by atoms with Gasteiger partial charge in [-0.2, -0.15) is 5.10 Å². The SMILES string of the molecule is Cc1nn([C@@H]2CCS(=O)(=O)C2)c(C)c1CN(C)C(=O)Cc1cn2ccsc2n1. The lowest BCUT2D eigenvalue weighted by Crippen LogP contribution is -2.28. The maximum atomic E-state index is 12.7. The topological polar surface area (TPSA) is 89.6 Å². The first-order chi connectivity index (χ1) is 13.2. The standard InChI is InChI=1S/C18H23N5O3S2/c1-12-16(13(2)23(20-12)15-4-7-28(25,26)11-15)10-21(3)17(24)8-14-9-22-5-6-27-18(22)19-14/h5-6,9,15H,4,7-8,10-11H2,1-3H3/t15-/m1/s1. The number of hydrogen-bond acceptors (Lipinski definition) is 6. The fourth-order valence-electron chi connectivity index (χ4n) is 3.73. The van der Waals surface area contributed by atoms with Crippen LogP contribution in [0.4, 0.5) is 0 Å². The lowest BCUT2D eigenvalue weighted by molar-refractivity contribution is -0.129. The zero-order valence-corrected chi connectivity index (χ0v) is 17.8. The Morgan fingerprint density at radius 2 is 2.18 bits per heavy atom. The summed E-state index contributed by atoms with van der Waals surface area (Å²) in [4.78, 5) is 19.7. The van der Waals surface area contributed by atoms with Crippen LogP contribution in [0.2, 0.25) is 0 Å². The molecule has 28 heavy (non-hydrogen) atoms. The van der Waals surface area contributed by atoms with Gasteiger partial charge in [-0.15, -0.1) is 11.3 Å². The predicted octanol–water partition coefficient (Wildman–Crippen LogP) is 1.77. The van der Waals surface area contributed by atoms with Crippen molar-refractivity contribution in [1.29, 1.82) is 0 Å². The summed E-state index contributed by atoms with van der Waals surface area (Å²) in [5.41, 5.74) is 3.50. The molecule has 0 bridgehead atoms. The van der Waals surface area contributed by atoms with Crippen LogP contribution in [-0.2, 0) is 27.6 Å². The second-order valence-electron chi connectivity index (χ2n) is 7.40. The molecular formula is C18H23N5O3S2. The quantitative estimate of drug-likeness (QED) is 0.626. The van der Waals surface area contributed by atoms with Crippen LogP contribution in [-0.4, -0.2) is 56.9 Å². The average molecular weight is 422 g/mol. The summed E-state index contributed by atoms with van der Waals surface area (Å²) in [5.74, 6) is 0.340. The molecule has 4 heterocycles. The van der Waals surface area contributed by atoms with Crippen LogP contribution in [0.1, 0.15) is 35.1 Å². The third-order valence-corrected chi connectivity index (χ3v) is 7.85. The number of carbonyl (C=O) groups excluding carboxylic acids is 1. The van der Waals surface area contributed by atoms with Crippen molar-refractivity contribution in [2.45, 2.75) is 39.3 Å². The van der Waals surface area contributed by atoms with Crippen LogP contribution in [0.3, 0.4) is 0 Å². The molecule has 0 aromatic carbocycles. The highest BCUT2D eigenvalue weighted by atomic mass is 32.2. The average Bonchev–Trinajstić information content (AvgIpc) is 3.34. The number of likely N-dealkylation sites (N-methyl/N-ethyl adjacent to an activating group) is 1. The molecule has 0 aliphatic carbocycles. The number of rotatable bonds is 5. The molecule has 1 atom stereocenters. The van der Waals surface area contributed by atoms with E-state index in [0.29, 0.717) is 13.0 Å². The monoisotopic (exact) mass is 421 g/mol. The highest BCUT2D eigenvalue weighted by Gasteiger charge is 2.31. The molecule has 0 saturated carbocycles. The van der Waals surface area contributed by atoms with Crippen molar-refractivity contribution < 1.29 is 13.2 Å². The number of aromatic nitrogens is 4. The predicted molar refractivity (Wildman–Crippen MR) is 107 cm³/mol. The summed E-state index contributed by atoms with van der Waals surface area (Å²) in [6, 6.07) is -0.114. The summed E-state index contributed by atoms with van der Waals surface area (Å²) in [6.07, 6.45) is 4.65. The van der Waals surface area contributed by atoms with Crippen molar-refractivity contribution >= 4 is 32.0 Å². The van der Waals surface area contributed by atoms with Gasteiger partial charge in [0.25, 0.3) is 0 Å². The van der Waals surface area contributed by atoms with Crippen molar-refractivity contribution in [2.24, 2.45) is 0 Å². The molecular weight excluding hydrogens is 398 g/mol. The first-order valence-electron chi connectivity index (χ1n) is 9.13. The molecule has 1 fully saturated rings. The molecule has 0 radical (unpaired) electrons. The number of hydrogen-bond donors (Lipinski definition) is 0. The summed E-state index contributed by atoms with van der Waals surface area (Å²) < 4.78 is 27.4. The van der Waals surface area contributed by atoms with Crippen LogP contribution >= 0.6 is 11.3 Å². The first-order valence-corrected chi connectivity index (χ1v) is 11.8. The molecule has 1 amide bonds. The maximum absolute atomic E-state index is 12.7. The lowest BCUT2D eigenvalue weighted by atomic mass is 10.1. The highest BCUT2D eigenvalue weighted by Crippen LogP contribution is 2.27. The lowest BCUT2D eigenvalue weighted by Gasteiger charge is -2.17. The number of fused-ring (bicyclic) bond motifs is 1. The Morgan fingerprint density at radius 3 is 2.86 bits per heavy atom. The van der Waals surface area contributed by atoms with Gasteiger partial charge in [0.05, 0.1) is 35.4 Å². The van der Waals surface area contributed by atoms with E-state index in [1.807, 2.05) is 40.7 Å². The van der Waals surface area contributed by atoms with Crippen LogP contribution in [0, 0.1) is 13.8 Å². The van der Waals surface area contributed by atoms with Crippen molar-refractivity contribution in [3.63, 3.8) is 0 Å². The minimum absolute atomic E-state index is 0.0132. The molecule has 3 aromatic rings. The summed E-state index contributed by atoms with van der Waals surface area (Å²) in [5, 5.41) is 6.53. The number of thiazole rings is 1. The number of sulfone groups is 1. The third kappa shape index (κ3) is 3.58. The minimum Gasteiger partial charge on any atom is -0.341 e. The second kappa shape index (κ2) is 7.00. The number of imidazole rings is 1.